The Balaban J connectivity index is 1.71. The first-order valence-corrected chi connectivity index (χ1v) is 10.1. The Morgan fingerprint density at radius 3 is 2.73 bits per heavy atom. The van der Waals surface area contributed by atoms with Crippen molar-refractivity contribution in [2.45, 2.75) is 6.92 Å². The molecular weight excluding hydrogens is 406 g/mol. The molecule has 2 amide bonds. The van der Waals surface area contributed by atoms with Crippen molar-refractivity contribution < 1.29 is 19.4 Å². The summed E-state index contributed by atoms with van der Waals surface area (Å²) in [7, 11) is -1.35. The predicted octanol–water partition coefficient (Wildman–Crippen LogP) is 3.75. The lowest BCUT2D eigenvalue weighted by Crippen LogP contribution is -2.34. The minimum absolute atomic E-state index is 0.255. The summed E-state index contributed by atoms with van der Waals surface area (Å²) in [6, 6.07) is 8.17. The maximum Gasteiger partial charge on any atom is 0.332 e. The molecule has 30 heavy (non-hydrogen) atoms. The van der Waals surface area contributed by atoms with Crippen molar-refractivity contribution in [3.63, 3.8) is 0 Å². The molecule has 148 valence electrons. The summed E-state index contributed by atoms with van der Waals surface area (Å²) < 4.78 is 5.96. The van der Waals surface area contributed by atoms with E-state index < -0.39 is 21.8 Å². The zero-order valence-electron chi connectivity index (χ0n) is 15.5. The van der Waals surface area contributed by atoms with Crippen LogP contribution in [0.5, 0.6) is 11.6 Å². The molecule has 0 aromatic carbocycles. The van der Waals surface area contributed by atoms with Crippen molar-refractivity contribution >= 4 is 49.2 Å². The van der Waals surface area contributed by atoms with Crippen LogP contribution in [-0.2, 0) is 0 Å². The Bertz CT molecular complexity index is 1320. The van der Waals surface area contributed by atoms with Crippen LogP contribution in [0.4, 0.5) is 26.8 Å². The normalized spacial score (nSPS) is 13.3. The third-order valence-electron chi connectivity index (χ3n) is 4.61. The molecule has 1 aliphatic rings. The first-order chi connectivity index (χ1) is 14.5. The lowest BCUT2D eigenvalue weighted by Gasteiger charge is -2.27. The number of hydrogen-bond acceptors (Lipinski definition) is 7. The van der Waals surface area contributed by atoms with Crippen molar-refractivity contribution in [3.05, 3.63) is 59.9 Å². The number of amides is 2. The number of nitrogens with one attached hydrogen (secondary N) is 1. The van der Waals surface area contributed by atoms with Gasteiger partial charge in [-0.1, -0.05) is 6.07 Å². The van der Waals surface area contributed by atoms with Gasteiger partial charge in [-0.25, -0.2) is 24.6 Å². The molecule has 4 aromatic heterocycles. The molecule has 4 aromatic rings. The van der Waals surface area contributed by atoms with E-state index in [0.717, 1.165) is 5.56 Å². The van der Waals surface area contributed by atoms with Gasteiger partial charge in [0.05, 0.1) is 16.2 Å². The Hall–Kier alpha value is -4.05. The fourth-order valence-corrected chi connectivity index (χ4v) is 4.70. The van der Waals surface area contributed by atoms with Crippen LogP contribution in [0.15, 0.2) is 54.3 Å². The Morgan fingerprint density at radius 1 is 1.13 bits per heavy atom. The Morgan fingerprint density at radius 2 is 1.97 bits per heavy atom. The van der Waals surface area contributed by atoms with Crippen LogP contribution in [0.3, 0.4) is 0 Å². The minimum Gasteiger partial charge on any atom is -0.500 e. The lowest BCUT2D eigenvalue weighted by atomic mass is 10.2. The van der Waals surface area contributed by atoms with Gasteiger partial charge in [-0.3, -0.25) is 0 Å². The zero-order chi connectivity index (χ0) is 20.8. The Kier molecular flexibility index (Phi) is 4.07. The highest BCUT2D eigenvalue weighted by Gasteiger charge is 2.36. The zero-order valence-corrected chi connectivity index (χ0v) is 16.3. The van der Waals surface area contributed by atoms with E-state index in [0.29, 0.717) is 33.2 Å². The molecule has 0 radical (unpaired) electrons. The molecule has 0 bridgehead atoms. The molecule has 0 fully saturated rings. The summed E-state index contributed by atoms with van der Waals surface area (Å²) in [5.74, 6) is 0.971. The first-order valence-electron chi connectivity index (χ1n) is 8.85. The van der Waals surface area contributed by atoms with E-state index >= 15 is 0 Å². The summed E-state index contributed by atoms with van der Waals surface area (Å²) in [5, 5.41) is 15.0. The number of rotatable bonds is 4. The Labute approximate surface area is 172 Å². The number of carbonyl (C=O) groups excluding carboxylic acids is 2. The maximum absolute atomic E-state index is 13.0. The molecular formula is C20H13N5O4S. The first kappa shape index (κ1) is 18.0. The largest absolute Gasteiger partial charge is 0.500 e. The lowest BCUT2D eigenvalue weighted by molar-refractivity contribution is -0.233. The van der Waals surface area contributed by atoms with Gasteiger partial charge in [-0.15, -0.1) is 0 Å². The van der Waals surface area contributed by atoms with Gasteiger partial charge in [-0.05, 0) is 30.7 Å². The fraction of sp³-hybridized carbons (Fsp3) is 0.0500. The summed E-state index contributed by atoms with van der Waals surface area (Å²) in [5.41, 5.74) is 1.62. The van der Waals surface area contributed by atoms with Crippen LogP contribution in [-0.4, -0.2) is 26.3 Å². The van der Waals surface area contributed by atoms with Crippen molar-refractivity contribution in [3.8, 4) is 11.6 Å². The highest BCUT2D eigenvalue weighted by molar-refractivity contribution is 7.54. The number of hydrogen-bond donors (Lipinski definition) is 1. The fourth-order valence-electron chi connectivity index (χ4n) is 3.31. The number of aromatic nitrogens is 3. The number of carboxylic acid groups (broad SMARTS) is 1. The third kappa shape index (κ3) is 2.73. The van der Waals surface area contributed by atoms with Crippen LogP contribution >= 0.6 is 10.5 Å². The van der Waals surface area contributed by atoms with Crippen LogP contribution in [0.25, 0.3) is 10.2 Å². The smallest absolute Gasteiger partial charge is 0.332 e. The number of thiophene rings is 1. The molecule has 0 aliphatic carbocycles. The molecule has 5 heterocycles. The van der Waals surface area contributed by atoms with Gasteiger partial charge in [0.15, 0.2) is 16.9 Å². The molecule has 0 saturated heterocycles. The number of nitrogens with zero attached hydrogens (tertiary/aromatic N) is 4. The molecule has 0 saturated carbocycles. The number of anilines is 3. The van der Waals surface area contributed by atoms with Crippen LogP contribution in [0, 0.1) is 6.92 Å². The van der Waals surface area contributed by atoms with Gasteiger partial charge in [0.1, 0.15) is 11.1 Å². The predicted molar refractivity (Wildman–Crippen MR) is 109 cm³/mol. The number of pyridine rings is 3. The van der Waals surface area contributed by atoms with E-state index in [1.807, 2.05) is 6.92 Å². The number of aryl methyl sites for hydroxylation is 1. The van der Waals surface area contributed by atoms with Gasteiger partial charge >= 0.3 is 11.3 Å². The number of carbonyl (C=O) groups is 2. The summed E-state index contributed by atoms with van der Waals surface area (Å²) >= 11 is 0. The molecule has 9 nitrogen and oxygen atoms in total. The summed E-state index contributed by atoms with van der Waals surface area (Å²) in [6.07, 6.45) is 4.64. The molecule has 5 rings (SSSR count). The topological polar surface area (TPSA) is 120 Å². The molecule has 1 unspecified atom stereocenters. The van der Waals surface area contributed by atoms with E-state index in [1.54, 1.807) is 42.7 Å². The van der Waals surface area contributed by atoms with Crippen molar-refractivity contribution in [2.75, 3.05) is 10.2 Å². The van der Waals surface area contributed by atoms with E-state index in [1.165, 1.54) is 16.5 Å². The molecule has 1 aliphatic heterocycles. The summed E-state index contributed by atoms with van der Waals surface area (Å²) in [4.78, 5) is 39.0. The molecule has 10 heteroatoms. The van der Waals surface area contributed by atoms with Crippen molar-refractivity contribution in [1.82, 2.24) is 15.0 Å². The van der Waals surface area contributed by atoms with Gasteiger partial charge < -0.3 is 20.0 Å². The van der Waals surface area contributed by atoms with Crippen LogP contribution in [0.2, 0.25) is 0 Å². The second-order valence-electron chi connectivity index (χ2n) is 6.45. The van der Waals surface area contributed by atoms with E-state index in [4.69, 9.17) is 4.74 Å². The van der Waals surface area contributed by atoms with E-state index in [-0.39, 0.29) is 5.82 Å². The number of ether oxygens (including phenoxy) is 1. The summed E-state index contributed by atoms with van der Waals surface area (Å²) in [6.45, 7) is 1.83. The molecule has 0 spiro atoms. The molecule has 1 atom stereocenters. The highest BCUT2D eigenvalue weighted by atomic mass is 32.2. The third-order valence-corrected chi connectivity index (χ3v) is 6.17. The van der Waals surface area contributed by atoms with Crippen molar-refractivity contribution in [1.29, 1.82) is 0 Å². The standard InChI is InChI=1S/C20H13N5O4S/c1-11-5-8-22-17(16(11)29-14-4-2-3-7-21-14)25-13-6-9-23-18-15(13)12(24-19(25)26)10-30(18)20(27)28/h2-10H,1H3,(H-,24,26,27,28). The number of urea groups is 1. The van der Waals surface area contributed by atoms with Gasteiger partial charge in [0.2, 0.25) is 5.88 Å². The van der Waals surface area contributed by atoms with Crippen LogP contribution in [0.1, 0.15) is 5.56 Å². The second kappa shape index (κ2) is 6.78. The quantitative estimate of drug-likeness (QED) is 0.500. The minimum atomic E-state index is -1.35. The van der Waals surface area contributed by atoms with E-state index in [9.17, 15) is 14.7 Å². The van der Waals surface area contributed by atoms with Gasteiger partial charge in [0, 0.05) is 24.7 Å². The van der Waals surface area contributed by atoms with Crippen LogP contribution < -0.4 is 20.1 Å². The average Bonchev–Trinajstić information content (AvgIpc) is 3.11. The van der Waals surface area contributed by atoms with Gasteiger partial charge in [0.25, 0.3) is 4.83 Å². The van der Waals surface area contributed by atoms with E-state index in [2.05, 4.69) is 20.3 Å². The van der Waals surface area contributed by atoms with Gasteiger partial charge in [-0.2, -0.15) is 0 Å². The van der Waals surface area contributed by atoms with Crippen molar-refractivity contribution in [2.24, 2.45) is 0 Å². The second-order valence-corrected chi connectivity index (χ2v) is 8.08. The maximum atomic E-state index is 13.0. The average molecular weight is 419 g/mol. The molecule has 1 N–H and O–H groups in total. The highest BCUT2D eigenvalue weighted by Crippen LogP contribution is 2.48. The SMILES string of the molecule is Cc1ccnc(N2C(=O)Nc3c[s+](C(=O)[O-])c4nccc2c34)c1Oc1ccccn1. The monoisotopic (exact) mass is 419 g/mol.